The molecule has 1 aliphatic rings. The van der Waals surface area contributed by atoms with Crippen LogP contribution in [0.3, 0.4) is 0 Å². The Morgan fingerprint density at radius 2 is 2.04 bits per heavy atom. The van der Waals surface area contributed by atoms with Gasteiger partial charge in [0.25, 0.3) is 0 Å². The summed E-state index contributed by atoms with van der Waals surface area (Å²) in [5.41, 5.74) is 3.01. The summed E-state index contributed by atoms with van der Waals surface area (Å²) in [4.78, 5) is 23.2. The Labute approximate surface area is 172 Å². The van der Waals surface area contributed by atoms with Gasteiger partial charge in [0.1, 0.15) is 17.7 Å². The lowest BCUT2D eigenvalue weighted by molar-refractivity contribution is -0.129. The highest BCUT2D eigenvalue weighted by Gasteiger charge is 2.32. The molecule has 3 rings (SSSR count). The van der Waals surface area contributed by atoms with Crippen LogP contribution in [0.4, 0.5) is 0 Å². The highest BCUT2D eigenvalue weighted by atomic mass is 35.5. The van der Waals surface area contributed by atoms with Gasteiger partial charge in [0, 0.05) is 13.8 Å². The summed E-state index contributed by atoms with van der Waals surface area (Å²) in [7, 11) is 0. The van der Waals surface area contributed by atoms with Crippen LogP contribution in [-0.2, 0) is 16.2 Å². The van der Waals surface area contributed by atoms with Gasteiger partial charge < -0.3 is 10.1 Å². The summed E-state index contributed by atoms with van der Waals surface area (Å²) in [6, 6.07) is 13.5. The van der Waals surface area contributed by atoms with Gasteiger partial charge in [0.05, 0.1) is 5.02 Å². The number of nitrogens with one attached hydrogen (secondary N) is 1. The molecule has 1 atom stereocenters. The van der Waals surface area contributed by atoms with Gasteiger partial charge in [0.15, 0.2) is 5.17 Å². The molecule has 1 aliphatic heterocycles. The minimum Gasteiger partial charge on any atom is -0.487 e. The van der Waals surface area contributed by atoms with Gasteiger partial charge in [-0.3, -0.25) is 9.59 Å². The number of amidine groups is 1. The summed E-state index contributed by atoms with van der Waals surface area (Å²) in [6.07, 6.45) is 0. The number of hydrogen-bond donors (Lipinski definition) is 1. The molecular weight excluding hydrogens is 398 g/mol. The van der Waals surface area contributed by atoms with Gasteiger partial charge in [0.2, 0.25) is 11.8 Å². The first-order valence-corrected chi connectivity index (χ1v) is 9.89. The van der Waals surface area contributed by atoms with Crippen molar-refractivity contribution in [1.29, 1.82) is 0 Å². The van der Waals surface area contributed by atoms with Crippen molar-refractivity contribution in [1.82, 2.24) is 10.3 Å². The molecule has 0 spiro atoms. The number of hydrazone groups is 1. The van der Waals surface area contributed by atoms with Crippen LogP contribution in [0.15, 0.2) is 47.6 Å². The van der Waals surface area contributed by atoms with Crippen LogP contribution < -0.4 is 10.1 Å². The fraction of sp³-hybridized carbons (Fsp3) is 0.250. The molecule has 2 aromatic carbocycles. The second-order valence-electron chi connectivity index (χ2n) is 6.39. The van der Waals surface area contributed by atoms with Crippen molar-refractivity contribution in [3.8, 4) is 5.75 Å². The van der Waals surface area contributed by atoms with E-state index in [0.29, 0.717) is 22.5 Å². The number of carbonyl (C=O) groups is 2. The number of hydrogen-bond acceptors (Lipinski definition) is 5. The monoisotopic (exact) mass is 417 g/mol. The Bertz CT molecular complexity index is 948. The van der Waals surface area contributed by atoms with Crippen molar-refractivity contribution in [2.45, 2.75) is 32.8 Å². The number of rotatable bonds is 4. The molecule has 0 radical (unpaired) electrons. The number of halogens is 1. The van der Waals surface area contributed by atoms with Crippen molar-refractivity contribution in [2.24, 2.45) is 5.10 Å². The van der Waals surface area contributed by atoms with Crippen LogP contribution in [0, 0.1) is 6.92 Å². The molecule has 146 valence electrons. The predicted octanol–water partition coefficient (Wildman–Crippen LogP) is 4.23. The molecule has 1 N–H and O–H groups in total. The fourth-order valence-corrected chi connectivity index (χ4v) is 4.10. The zero-order valence-corrected chi connectivity index (χ0v) is 17.3. The number of aryl methyl sites for hydroxylation is 1. The van der Waals surface area contributed by atoms with Gasteiger partial charge in [-0.15, -0.1) is 5.10 Å². The molecule has 0 fully saturated rings. The maximum Gasteiger partial charge on any atom is 0.241 e. The molecule has 8 heteroatoms. The summed E-state index contributed by atoms with van der Waals surface area (Å²) < 4.78 is 5.84. The molecule has 2 aromatic rings. The highest BCUT2D eigenvalue weighted by Crippen LogP contribution is 2.41. The molecule has 0 saturated carbocycles. The average molecular weight is 418 g/mol. The van der Waals surface area contributed by atoms with E-state index in [-0.39, 0.29) is 11.8 Å². The van der Waals surface area contributed by atoms with Crippen LogP contribution in [0.25, 0.3) is 0 Å². The quantitative estimate of drug-likeness (QED) is 0.808. The number of nitrogens with zero attached hydrogens (tertiary/aromatic N) is 2. The highest BCUT2D eigenvalue weighted by molar-refractivity contribution is 8.14. The normalized spacial score (nSPS) is 15.9. The average Bonchev–Trinajstić information content (AvgIpc) is 3.04. The van der Waals surface area contributed by atoms with Gasteiger partial charge in [-0.05, 0) is 30.2 Å². The molecular formula is C20H20ClN3O3S. The summed E-state index contributed by atoms with van der Waals surface area (Å²) >= 11 is 7.69. The number of carbonyl (C=O) groups excluding carboxylic acids is 2. The second-order valence-corrected chi connectivity index (χ2v) is 7.86. The Kier molecular flexibility index (Phi) is 6.26. The van der Waals surface area contributed by atoms with E-state index < -0.39 is 5.37 Å². The molecule has 6 nitrogen and oxygen atoms in total. The summed E-state index contributed by atoms with van der Waals surface area (Å²) in [6.45, 7) is 5.26. The van der Waals surface area contributed by atoms with E-state index in [1.165, 1.54) is 36.2 Å². The SMILES string of the molecule is CC(=O)NC1=NN(C(C)=O)[C@H](c2ccc(OCc3cccc(C)c3)c(Cl)c2)S1. The van der Waals surface area contributed by atoms with Crippen LogP contribution in [0.2, 0.25) is 5.02 Å². The van der Waals surface area contributed by atoms with E-state index >= 15 is 0 Å². The van der Waals surface area contributed by atoms with Crippen LogP contribution in [0.1, 0.15) is 35.9 Å². The summed E-state index contributed by atoms with van der Waals surface area (Å²) in [5, 5.41) is 8.55. The molecule has 0 unspecified atom stereocenters. The minimum absolute atomic E-state index is 0.228. The van der Waals surface area contributed by atoms with Crippen molar-refractivity contribution in [2.75, 3.05) is 0 Å². The predicted molar refractivity (Wildman–Crippen MR) is 111 cm³/mol. The van der Waals surface area contributed by atoms with E-state index in [0.717, 1.165) is 11.1 Å². The standard InChI is InChI=1S/C20H20ClN3O3S/c1-12-5-4-6-15(9-12)11-27-18-8-7-16(10-17(18)21)19-24(14(3)26)23-20(28-19)22-13(2)25/h4-10,19H,11H2,1-3H3,(H,22,23,25)/t19-/m0/s1. The third kappa shape index (κ3) is 4.85. The Morgan fingerprint density at radius 1 is 1.25 bits per heavy atom. The Balaban J connectivity index is 1.74. The van der Waals surface area contributed by atoms with Crippen molar-refractivity contribution < 1.29 is 14.3 Å². The first-order chi connectivity index (χ1) is 13.3. The molecule has 2 amide bonds. The van der Waals surface area contributed by atoms with Gasteiger partial charge in [-0.2, -0.15) is 0 Å². The van der Waals surface area contributed by atoms with Crippen molar-refractivity contribution >= 4 is 40.3 Å². The third-order valence-corrected chi connectivity index (χ3v) is 5.36. The number of amides is 2. The molecule has 0 saturated heterocycles. The van der Waals surface area contributed by atoms with E-state index in [9.17, 15) is 9.59 Å². The van der Waals surface area contributed by atoms with Crippen LogP contribution in [-0.4, -0.2) is 22.0 Å². The molecule has 0 aliphatic carbocycles. The molecule has 1 heterocycles. The summed E-state index contributed by atoms with van der Waals surface area (Å²) in [5.74, 6) is 0.0920. The first kappa shape index (κ1) is 20.2. The number of thioether (sulfide) groups is 1. The largest absolute Gasteiger partial charge is 0.487 e. The van der Waals surface area contributed by atoms with Crippen molar-refractivity contribution in [3.63, 3.8) is 0 Å². The third-order valence-electron chi connectivity index (χ3n) is 3.97. The lowest BCUT2D eigenvalue weighted by Crippen LogP contribution is -2.25. The van der Waals surface area contributed by atoms with Crippen LogP contribution in [0.5, 0.6) is 5.75 Å². The molecule has 0 bridgehead atoms. The fourth-order valence-electron chi connectivity index (χ4n) is 2.73. The van der Waals surface area contributed by atoms with Gasteiger partial charge in [-0.1, -0.05) is 59.3 Å². The van der Waals surface area contributed by atoms with Gasteiger partial charge >= 0.3 is 0 Å². The minimum atomic E-state index is -0.400. The smallest absolute Gasteiger partial charge is 0.241 e. The first-order valence-electron chi connectivity index (χ1n) is 8.64. The van der Waals surface area contributed by atoms with E-state index in [2.05, 4.69) is 16.5 Å². The maximum atomic E-state index is 11.9. The number of ether oxygens (including phenoxy) is 1. The lowest BCUT2D eigenvalue weighted by Gasteiger charge is -2.20. The van der Waals surface area contributed by atoms with Crippen molar-refractivity contribution in [3.05, 3.63) is 64.2 Å². The Morgan fingerprint density at radius 3 is 2.68 bits per heavy atom. The Hall–Kier alpha value is -2.51. The molecule has 0 aromatic heterocycles. The second kappa shape index (κ2) is 8.67. The van der Waals surface area contributed by atoms with Gasteiger partial charge in [-0.25, -0.2) is 5.01 Å². The molecule has 28 heavy (non-hydrogen) atoms. The lowest BCUT2D eigenvalue weighted by atomic mass is 10.1. The zero-order valence-electron chi connectivity index (χ0n) is 15.7. The zero-order chi connectivity index (χ0) is 20.3. The van der Waals surface area contributed by atoms with E-state index in [1.807, 2.05) is 31.2 Å². The van der Waals surface area contributed by atoms with E-state index in [4.69, 9.17) is 16.3 Å². The number of benzene rings is 2. The van der Waals surface area contributed by atoms with E-state index in [1.54, 1.807) is 12.1 Å². The maximum absolute atomic E-state index is 11.9. The van der Waals surface area contributed by atoms with Crippen LogP contribution >= 0.6 is 23.4 Å². The topological polar surface area (TPSA) is 71.0 Å².